The van der Waals surface area contributed by atoms with Crippen LogP contribution < -0.4 is 0 Å². The Hall–Kier alpha value is -6.18. The van der Waals surface area contributed by atoms with Crippen LogP contribution in [0.2, 0.25) is 0 Å². The summed E-state index contributed by atoms with van der Waals surface area (Å²) in [5.41, 5.74) is 0. The maximum atomic E-state index is 14.7. The molecule has 3 fully saturated rings. The molecule has 3 aliphatic heterocycles. The molecule has 0 aromatic heterocycles. The summed E-state index contributed by atoms with van der Waals surface area (Å²) in [5, 5.41) is 0. The third-order valence-electron chi connectivity index (χ3n) is 16.4. The number of esters is 6. The molecule has 20 heteroatoms. The minimum Gasteiger partial charge on any atom is -0.460 e. The van der Waals surface area contributed by atoms with Crippen molar-refractivity contribution in [2.24, 2.45) is 47.3 Å². The van der Waals surface area contributed by atoms with E-state index in [-0.39, 0.29) is 51.6 Å². The van der Waals surface area contributed by atoms with Gasteiger partial charge in [-0.05, 0) is 76.0 Å². The average molecular weight is 1150 g/mol. The summed E-state index contributed by atoms with van der Waals surface area (Å²) in [6.07, 6.45) is 6.55. The molecule has 0 aromatic carbocycles. The number of unbranched alkanes of at least 4 members (excludes halogenated alkanes) is 2. The Labute approximate surface area is 487 Å². The third-order valence-corrected chi connectivity index (χ3v) is 16.4. The third kappa shape index (κ3) is 17.9. The first kappa shape index (κ1) is 70.1. The Morgan fingerprint density at radius 3 is 1.05 bits per heavy atom. The summed E-state index contributed by atoms with van der Waals surface area (Å²) >= 11 is 0. The molecule has 0 saturated carbocycles. The molecule has 3 rings (SSSR count). The number of hydrogen-bond donors (Lipinski definition) is 0. The summed E-state index contributed by atoms with van der Waals surface area (Å²) in [6, 6.07) is -4.81. The number of hydrogen-bond acceptors (Lipinski definition) is 16. The number of cyclic esters (lactones) is 6. The molecule has 460 valence electrons. The predicted molar refractivity (Wildman–Crippen MR) is 304 cm³/mol. The number of rotatable bonds is 14. The number of carbonyl (C=O) groups excluding carboxylic acids is 10. The van der Waals surface area contributed by atoms with E-state index in [1.54, 1.807) is 96.9 Å². The zero-order valence-electron chi connectivity index (χ0n) is 51.8. The van der Waals surface area contributed by atoms with Crippen LogP contribution in [-0.4, -0.2) is 167 Å². The lowest BCUT2D eigenvalue weighted by Gasteiger charge is -2.36. The van der Waals surface area contributed by atoms with Crippen LogP contribution in [0.1, 0.15) is 174 Å². The SMILES string of the molecule is C#CCCCC1OC(=O)C2CCCN2C(=O)C([C@@H](C)CC)OC(=O)C(C(C)C)OC(=O)C(C(C)C)N(C)C(=O)[C@H](C)C(CCCC#C)OC(=O)C2CCCN2C(=O)C([C@@H](C)CC)OC(=O)C(C(C)C)OC(=O)C(C(C)C)N(C)C(=O)[C@@H]1C. The van der Waals surface area contributed by atoms with Gasteiger partial charge in [0.2, 0.25) is 24.0 Å². The van der Waals surface area contributed by atoms with Crippen molar-refractivity contribution in [1.29, 1.82) is 0 Å². The van der Waals surface area contributed by atoms with E-state index in [0.29, 0.717) is 38.5 Å². The van der Waals surface area contributed by atoms with Gasteiger partial charge in [-0.15, -0.1) is 24.7 Å². The van der Waals surface area contributed by atoms with Gasteiger partial charge in [0.25, 0.3) is 11.8 Å². The van der Waals surface area contributed by atoms with Crippen molar-refractivity contribution in [3.63, 3.8) is 0 Å². The highest BCUT2D eigenvalue weighted by atomic mass is 16.6. The molecule has 0 bridgehead atoms. The number of fused-ring (bicyclic) bond motifs is 2. The molecule has 20 nitrogen and oxygen atoms in total. The highest BCUT2D eigenvalue weighted by Gasteiger charge is 2.48. The van der Waals surface area contributed by atoms with Crippen molar-refractivity contribution in [1.82, 2.24) is 19.6 Å². The lowest BCUT2D eigenvalue weighted by atomic mass is 9.95. The Morgan fingerprint density at radius 1 is 0.451 bits per heavy atom. The van der Waals surface area contributed by atoms with Crippen LogP contribution >= 0.6 is 0 Å². The van der Waals surface area contributed by atoms with Crippen LogP contribution in [0.5, 0.6) is 0 Å². The van der Waals surface area contributed by atoms with Gasteiger partial charge in [0.05, 0.1) is 11.8 Å². The minimum atomic E-state index is -1.55. The van der Waals surface area contributed by atoms with Crippen LogP contribution in [0.4, 0.5) is 0 Å². The van der Waals surface area contributed by atoms with E-state index in [9.17, 15) is 47.9 Å². The van der Waals surface area contributed by atoms with Gasteiger partial charge in [-0.1, -0.05) is 96.9 Å². The first-order valence-corrected chi connectivity index (χ1v) is 29.8. The molecule has 4 amide bonds. The van der Waals surface area contributed by atoms with Crippen LogP contribution in [0, 0.1) is 72.0 Å². The fraction of sp³-hybridized carbons (Fsp3) is 0.774. The molecule has 0 N–H and O–H groups in total. The van der Waals surface area contributed by atoms with Crippen LogP contribution in [-0.2, 0) is 76.4 Å². The lowest BCUT2D eigenvalue weighted by molar-refractivity contribution is -0.185. The maximum absolute atomic E-state index is 14.7. The summed E-state index contributed by atoms with van der Waals surface area (Å²) in [7, 11) is 2.82. The average Bonchev–Trinajstić information content (AvgIpc) is 4.14. The van der Waals surface area contributed by atoms with E-state index in [1.165, 1.54) is 33.7 Å². The Bertz CT molecular complexity index is 2160. The standard InChI is InChI=1S/C62H96N4O16/c1-19-23-25-31-45-41(15)53(67)63(17)47(35(5)6)59(73)79-49(37(9)10)61(75)82-52(40(14)22-4)56(70)66-34-28-30-44(66)58(72)78-46(32-26-24-20-2)42(16)54(68)64(18)48(36(7)8)60(74)80-50(38(11)12)62(76)81-51(39(13)21-3)55(69)65-33-27-29-43(65)57(71)77-45/h1-2,35-52H,21-34H2,3-18H3/t39-,40-,41+,42+,43?,44?,45?,46?,47?,48?,49?,50?,51?,52?/m0/s1. The number of ether oxygens (including phenoxy) is 6. The van der Waals surface area contributed by atoms with Crippen LogP contribution in [0.15, 0.2) is 0 Å². The van der Waals surface area contributed by atoms with Crippen molar-refractivity contribution >= 4 is 59.4 Å². The van der Waals surface area contributed by atoms with Gasteiger partial charge in [-0.2, -0.15) is 0 Å². The Kier molecular flexibility index (Phi) is 27.9. The molecule has 3 heterocycles. The molecular formula is C62H96N4O16. The van der Waals surface area contributed by atoms with Crippen molar-refractivity contribution in [3.05, 3.63) is 0 Å². The second kappa shape index (κ2) is 32.6. The predicted octanol–water partition coefficient (Wildman–Crippen LogP) is 6.70. The van der Waals surface area contributed by atoms with E-state index < -0.39 is 168 Å². The monoisotopic (exact) mass is 1150 g/mol. The van der Waals surface area contributed by atoms with Crippen LogP contribution in [0.25, 0.3) is 0 Å². The molecule has 0 spiro atoms. The molecule has 0 aliphatic carbocycles. The zero-order chi connectivity index (χ0) is 62.0. The largest absolute Gasteiger partial charge is 0.460 e. The van der Waals surface area contributed by atoms with Gasteiger partial charge in [-0.3, -0.25) is 19.2 Å². The molecule has 14 atom stereocenters. The van der Waals surface area contributed by atoms with Crippen LogP contribution in [0.3, 0.4) is 0 Å². The summed E-state index contributed by atoms with van der Waals surface area (Å²) in [6.45, 7) is 23.7. The first-order chi connectivity index (χ1) is 38.5. The quantitative estimate of drug-likeness (QED) is 0.0761. The Balaban J connectivity index is 2.24. The molecule has 3 saturated heterocycles. The van der Waals surface area contributed by atoms with E-state index in [0.717, 1.165) is 0 Å². The highest BCUT2D eigenvalue weighted by Crippen LogP contribution is 2.31. The van der Waals surface area contributed by atoms with E-state index >= 15 is 0 Å². The van der Waals surface area contributed by atoms with Gasteiger partial charge in [0.1, 0.15) is 36.4 Å². The Morgan fingerprint density at radius 2 is 0.768 bits per heavy atom. The molecule has 82 heavy (non-hydrogen) atoms. The number of carbonyl (C=O) groups is 10. The summed E-state index contributed by atoms with van der Waals surface area (Å²) < 4.78 is 36.3. The number of amides is 4. The highest BCUT2D eigenvalue weighted by molar-refractivity contribution is 5.93. The number of terminal acetylenes is 2. The van der Waals surface area contributed by atoms with Gasteiger partial charge in [-0.25, -0.2) is 28.8 Å². The van der Waals surface area contributed by atoms with Gasteiger partial charge in [0.15, 0.2) is 12.2 Å². The fourth-order valence-electron chi connectivity index (χ4n) is 10.9. The van der Waals surface area contributed by atoms with Gasteiger partial charge >= 0.3 is 35.8 Å². The first-order valence-electron chi connectivity index (χ1n) is 29.8. The topological polar surface area (TPSA) is 239 Å². The van der Waals surface area contributed by atoms with Crippen molar-refractivity contribution in [2.75, 3.05) is 27.2 Å². The van der Waals surface area contributed by atoms with Crippen molar-refractivity contribution in [3.8, 4) is 24.7 Å². The minimum absolute atomic E-state index is 0.111. The molecule has 0 aromatic rings. The summed E-state index contributed by atoms with van der Waals surface area (Å²) in [4.78, 5) is 150. The summed E-state index contributed by atoms with van der Waals surface area (Å²) in [5.74, 6) is -8.72. The molecule has 0 radical (unpaired) electrons. The van der Waals surface area contributed by atoms with Gasteiger partial charge < -0.3 is 48.0 Å². The van der Waals surface area contributed by atoms with E-state index in [4.69, 9.17) is 41.3 Å². The molecule has 3 aliphatic rings. The van der Waals surface area contributed by atoms with Crippen molar-refractivity contribution in [2.45, 2.75) is 235 Å². The lowest BCUT2D eigenvalue weighted by Crippen LogP contribution is -2.54. The second-order valence-electron chi connectivity index (χ2n) is 24.1. The van der Waals surface area contributed by atoms with E-state index in [1.807, 2.05) is 0 Å². The number of nitrogens with zero attached hydrogens (tertiary/aromatic N) is 4. The zero-order valence-corrected chi connectivity index (χ0v) is 51.8. The molecular weight excluding hydrogens is 1060 g/mol. The normalized spacial score (nSPS) is 29.6. The van der Waals surface area contributed by atoms with Crippen molar-refractivity contribution < 1.29 is 76.4 Å². The molecule has 10 unspecified atom stereocenters. The van der Waals surface area contributed by atoms with Gasteiger partial charge in [0, 0.05) is 63.7 Å². The number of likely N-dealkylation sites (N-methyl/N-ethyl adjacent to an activating group) is 2. The second-order valence-corrected chi connectivity index (χ2v) is 24.1. The maximum Gasteiger partial charge on any atom is 0.348 e. The fourth-order valence-corrected chi connectivity index (χ4v) is 10.9. The smallest absolute Gasteiger partial charge is 0.348 e. The van der Waals surface area contributed by atoms with E-state index in [2.05, 4.69) is 11.8 Å².